The van der Waals surface area contributed by atoms with Crippen LogP contribution in [0.2, 0.25) is 0 Å². The van der Waals surface area contributed by atoms with Crippen LogP contribution in [0.5, 0.6) is 0 Å². The highest BCUT2D eigenvalue weighted by molar-refractivity contribution is 9.10. The van der Waals surface area contributed by atoms with Crippen molar-refractivity contribution in [2.45, 2.75) is 12.2 Å². The fraction of sp³-hybridized carbons (Fsp3) is 0.0833. The number of carbonyl (C=O) groups excluding carboxylic acids is 1. The van der Waals surface area contributed by atoms with Gasteiger partial charge in [-0.1, -0.05) is 64.5 Å². The van der Waals surface area contributed by atoms with Gasteiger partial charge in [-0.25, -0.2) is 0 Å². The van der Waals surface area contributed by atoms with E-state index in [9.17, 15) is 9.59 Å². The van der Waals surface area contributed by atoms with E-state index in [1.807, 2.05) is 66.7 Å². The smallest absolute Gasteiger partial charge is 0.273 e. The number of carbonyl (C=O) groups is 1. The molecule has 0 aliphatic carbocycles. The van der Waals surface area contributed by atoms with Gasteiger partial charge in [-0.2, -0.15) is 0 Å². The van der Waals surface area contributed by atoms with Gasteiger partial charge >= 0.3 is 0 Å². The quantitative estimate of drug-likeness (QED) is 0.439. The Bertz CT molecular complexity index is 1410. The first-order valence-corrected chi connectivity index (χ1v) is 10.5. The van der Waals surface area contributed by atoms with Gasteiger partial charge in [0.15, 0.2) is 11.1 Å². The number of halogens is 1. The topological polar surface area (TPSA) is 65.2 Å². The molecule has 146 valence electrons. The third-order valence-corrected chi connectivity index (χ3v) is 6.53. The van der Waals surface area contributed by atoms with E-state index in [0.717, 1.165) is 21.3 Å². The molecule has 0 fully saturated rings. The minimum absolute atomic E-state index is 0.147. The van der Waals surface area contributed by atoms with Gasteiger partial charge in [0.25, 0.3) is 5.91 Å². The van der Waals surface area contributed by atoms with Gasteiger partial charge in [0.2, 0.25) is 0 Å². The van der Waals surface area contributed by atoms with Crippen LogP contribution in [0, 0.1) is 0 Å². The highest BCUT2D eigenvalue weighted by atomic mass is 79.9. The number of amides is 1. The number of aromatic amines is 1. The highest BCUT2D eigenvalue weighted by Gasteiger charge is 2.55. The third-order valence-electron chi connectivity index (χ3n) is 6.04. The lowest BCUT2D eigenvalue weighted by Gasteiger charge is -2.44. The molecule has 2 N–H and O–H groups in total. The molecule has 6 heteroatoms. The predicted octanol–water partition coefficient (Wildman–Crippen LogP) is 4.57. The fourth-order valence-corrected chi connectivity index (χ4v) is 5.07. The maximum atomic E-state index is 13.8. The summed E-state index contributed by atoms with van der Waals surface area (Å²) in [7, 11) is 0. The molecule has 0 bridgehead atoms. The number of aromatic nitrogens is 1. The molecule has 0 saturated carbocycles. The molecule has 1 aromatic heterocycles. The van der Waals surface area contributed by atoms with Crippen molar-refractivity contribution >= 4 is 38.4 Å². The zero-order chi connectivity index (χ0) is 20.5. The van der Waals surface area contributed by atoms with E-state index in [1.54, 1.807) is 11.0 Å². The number of nitrogens with one attached hydrogen (secondary N) is 2. The Morgan fingerprint density at radius 2 is 1.70 bits per heavy atom. The zero-order valence-electron chi connectivity index (χ0n) is 15.8. The molecule has 0 radical (unpaired) electrons. The largest absolute Gasteiger partial charge is 0.355 e. The van der Waals surface area contributed by atoms with Crippen molar-refractivity contribution in [1.82, 2.24) is 9.88 Å². The molecular formula is C24H16BrN3O2. The van der Waals surface area contributed by atoms with Crippen LogP contribution in [0.25, 0.3) is 10.9 Å². The van der Waals surface area contributed by atoms with Crippen LogP contribution in [0.4, 0.5) is 5.69 Å². The Labute approximate surface area is 180 Å². The molecule has 6 rings (SSSR count). The molecule has 3 heterocycles. The zero-order valence-corrected chi connectivity index (χ0v) is 17.4. The van der Waals surface area contributed by atoms with Crippen LogP contribution >= 0.6 is 15.9 Å². The van der Waals surface area contributed by atoms with E-state index in [-0.39, 0.29) is 11.3 Å². The molecule has 30 heavy (non-hydrogen) atoms. The number of anilines is 1. The second-order valence-corrected chi connectivity index (χ2v) is 8.56. The normalized spacial score (nSPS) is 19.2. The van der Waals surface area contributed by atoms with Crippen LogP contribution in [0.3, 0.4) is 0 Å². The summed E-state index contributed by atoms with van der Waals surface area (Å²) in [6.07, 6.45) is 0. The Hall–Kier alpha value is -3.38. The summed E-state index contributed by atoms with van der Waals surface area (Å²) in [5, 5.41) is 4.12. The predicted molar refractivity (Wildman–Crippen MR) is 119 cm³/mol. The molecule has 0 spiro atoms. The summed E-state index contributed by atoms with van der Waals surface area (Å²) >= 11 is 3.46. The van der Waals surface area contributed by atoms with E-state index in [0.29, 0.717) is 28.7 Å². The third kappa shape index (κ3) is 2.17. The van der Waals surface area contributed by atoms with E-state index < -0.39 is 5.66 Å². The number of H-pyrrole nitrogens is 1. The summed E-state index contributed by atoms with van der Waals surface area (Å²) in [6, 6.07) is 23.1. The van der Waals surface area contributed by atoms with Gasteiger partial charge in [0, 0.05) is 26.6 Å². The van der Waals surface area contributed by atoms with Crippen molar-refractivity contribution in [3.05, 3.63) is 110 Å². The summed E-state index contributed by atoms with van der Waals surface area (Å²) in [5.41, 5.74) is 3.02. The molecule has 2 aliphatic rings. The number of hydrogen-bond acceptors (Lipinski definition) is 3. The number of benzene rings is 3. The number of hydrogen-bond donors (Lipinski definition) is 2. The summed E-state index contributed by atoms with van der Waals surface area (Å²) in [4.78, 5) is 32.4. The highest BCUT2D eigenvalue weighted by Crippen LogP contribution is 2.47. The molecule has 4 aromatic rings. The fourth-order valence-electron chi connectivity index (χ4n) is 4.70. The number of pyridine rings is 1. The molecular weight excluding hydrogens is 442 g/mol. The molecule has 1 unspecified atom stereocenters. The average Bonchev–Trinajstić information content (AvgIpc) is 3.02. The molecule has 1 amide bonds. The lowest BCUT2D eigenvalue weighted by atomic mass is 9.88. The van der Waals surface area contributed by atoms with E-state index in [2.05, 4.69) is 26.2 Å². The van der Waals surface area contributed by atoms with Crippen LogP contribution in [0.15, 0.2) is 82.1 Å². The maximum Gasteiger partial charge on any atom is 0.273 e. The van der Waals surface area contributed by atoms with Crippen molar-refractivity contribution in [2.75, 3.05) is 5.32 Å². The Morgan fingerprint density at radius 1 is 0.933 bits per heavy atom. The van der Waals surface area contributed by atoms with Crippen LogP contribution < -0.4 is 10.7 Å². The van der Waals surface area contributed by atoms with Crippen molar-refractivity contribution < 1.29 is 4.79 Å². The monoisotopic (exact) mass is 457 g/mol. The standard InChI is InChI=1S/C24H16BrN3O2/c25-16-10-11-19-17(12-16)22(29)20-21(26-19)23(30)28-13-14-6-4-5-9-18(14)27-24(20,28)15-7-2-1-3-8-15/h1-12,27H,13H2,(H,26,29). The van der Waals surface area contributed by atoms with Gasteiger partial charge in [-0.05, 0) is 29.8 Å². The summed E-state index contributed by atoms with van der Waals surface area (Å²) in [6.45, 7) is 0.416. The molecule has 0 saturated heterocycles. The lowest BCUT2D eigenvalue weighted by molar-refractivity contribution is 0.0624. The molecule has 2 aliphatic heterocycles. The Kier molecular flexibility index (Phi) is 3.53. The van der Waals surface area contributed by atoms with E-state index >= 15 is 0 Å². The summed E-state index contributed by atoms with van der Waals surface area (Å²) in [5.74, 6) is -0.183. The number of rotatable bonds is 1. The van der Waals surface area contributed by atoms with Gasteiger partial charge in [0.1, 0.15) is 5.69 Å². The van der Waals surface area contributed by atoms with Crippen LogP contribution in [0.1, 0.15) is 27.2 Å². The first kappa shape index (κ1) is 17.5. The number of nitrogens with zero attached hydrogens (tertiary/aromatic N) is 1. The molecule has 3 aromatic carbocycles. The van der Waals surface area contributed by atoms with Gasteiger partial charge in [0.05, 0.1) is 12.1 Å². The van der Waals surface area contributed by atoms with Crippen LogP contribution in [-0.2, 0) is 12.2 Å². The Morgan fingerprint density at radius 3 is 2.53 bits per heavy atom. The van der Waals surface area contributed by atoms with Gasteiger partial charge in [-0.3, -0.25) is 9.59 Å². The Balaban J connectivity index is 1.75. The molecule has 5 nitrogen and oxygen atoms in total. The minimum Gasteiger partial charge on any atom is -0.355 e. The van der Waals surface area contributed by atoms with Crippen LogP contribution in [-0.4, -0.2) is 15.8 Å². The van der Waals surface area contributed by atoms with Crippen molar-refractivity contribution in [3.63, 3.8) is 0 Å². The first-order chi connectivity index (χ1) is 14.6. The lowest BCUT2D eigenvalue weighted by Crippen LogP contribution is -2.54. The SMILES string of the molecule is O=C1c2[nH]c3ccc(Br)cc3c(=O)c2C2(c3ccccc3)Nc3ccccc3CN12. The van der Waals surface area contributed by atoms with E-state index in [4.69, 9.17) is 0 Å². The number of para-hydroxylation sites is 1. The van der Waals surface area contributed by atoms with Gasteiger partial charge < -0.3 is 15.2 Å². The second kappa shape index (κ2) is 6.06. The number of fused-ring (bicyclic) bond motifs is 5. The first-order valence-electron chi connectivity index (χ1n) is 9.69. The average molecular weight is 458 g/mol. The minimum atomic E-state index is -1.06. The molecule has 1 atom stereocenters. The maximum absolute atomic E-state index is 13.8. The van der Waals surface area contributed by atoms with Crippen molar-refractivity contribution in [3.8, 4) is 0 Å². The summed E-state index contributed by atoms with van der Waals surface area (Å²) < 4.78 is 0.817. The second-order valence-electron chi connectivity index (χ2n) is 7.64. The van der Waals surface area contributed by atoms with Gasteiger partial charge in [-0.15, -0.1) is 0 Å². The van der Waals surface area contributed by atoms with E-state index in [1.165, 1.54) is 0 Å². The van der Waals surface area contributed by atoms with Crippen molar-refractivity contribution in [2.24, 2.45) is 0 Å². The van der Waals surface area contributed by atoms with Crippen molar-refractivity contribution in [1.29, 1.82) is 0 Å².